The van der Waals surface area contributed by atoms with Gasteiger partial charge in [-0.1, -0.05) is 19.3 Å². The molecule has 2 nitrogen and oxygen atoms in total. The van der Waals surface area contributed by atoms with Gasteiger partial charge in [0.1, 0.15) is 0 Å². The summed E-state index contributed by atoms with van der Waals surface area (Å²) in [5.41, 5.74) is 1.21. The van der Waals surface area contributed by atoms with Crippen LogP contribution in [0.25, 0.3) is 0 Å². The molecule has 0 amide bonds. The van der Waals surface area contributed by atoms with Gasteiger partial charge in [0.2, 0.25) is 0 Å². The van der Waals surface area contributed by atoms with E-state index in [0.29, 0.717) is 0 Å². The molecule has 0 aliphatic heterocycles. The van der Waals surface area contributed by atoms with Crippen LogP contribution in [0.5, 0.6) is 0 Å². The first-order valence-corrected chi connectivity index (χ1v) is 7.92. The van der Waals surface area contributed by atoms with Gasteiger partial charge in [-0.05, 0) is 19.8 Å². The Morgan fingerprint density at radius 1 is 1.41 bits per heavy atom. The standard InChI is InChI=1S/C13H21ClN2S/c1-11-15-12(10-17-11)9-16(8-7-14)13-5-3-2-4-6-13/h10,13H,2-9H2,1H3. The molecule has 4 heteroatoms. The van der Waals surface area contributed by atoms with E-state index in [4.69, 9.17) is 11.6 Å². The van der Waals surface area contributed by atoms with E-state index in [-0.39, 0.29) is 0 Å². The average Bonchev–Trinajstić information content (AvgIpc) is 2.75. The molecule has 0 saturated heterocycles. The molecule has 1 aliphatic rings. The molecule has 1 saturated carbocycles. The Bertz CT molecular complexity index is 334. The van der Waals surface area contributed by atoms with Crippen LogP contribution in [0, 0.1) is 6.92 Å². The SMILES string of the molecule is Cc1nc(CN(CCCl)C2CCCCC2)cs1. The Balaban J connectivity index is 1.95. The Morgan fingerprint density at radius 2 is 2.18 bits per heavy atom. The van der Waals surface area contributed by atoms with Crippen LogP contribution in [0.15, 0.2) is 5.38 Å². The van der Waals surface area contributed by atoms with Crippen LogP contribution in [0.2, 0.25) is 0 Å². The molecule has 17 heavy (non-hydrogen) atoms. The monoisotopic (exact) mass is 272 g/mol. The fourth-order valence-electron chi connectivity index (χ4n) is 2.63. The molecule has 1 aliphatic carbocycles. The van der Waals surface area contributed by atoms with Crippen LogP contribution < -0.4 is 0 Å². The lowest BCUT2D eigenvalue weighted by Gasteiger charge is -2.33. The van der Waals surface area contributed by atoms with Crippen molar-refractivity contribution >= 4 is 22.9 Å². The second kappa shape index (κ2) is 6.72. The van der Waals surface area contributed by atoms with Crippen molar-refractivity contribution in [3.05, 3.63) is 16.1 Å². The minimum Gasteiger partial charge on any atom is -0.293 e. The lowest BCUT2D eigenvalue weighted by atomic mass is 9.94. The topological polar surface area (TPSA) is 16.1 Å². The molecule has 0 N–H and O–H groups in total. The molecular weight excluding hydrogens is 252 g/mol. The zero-order valence-corrected chi connectivity index (χ0v) is 12.1. The second-order valence-corrected chi connectivity index (χ2v) is 6.25. The van der Waals surface area contributed by atoms with Crippen molar-refractivity contribution in [2.75, 3.05) is 12.4 Å². The lowest BCUT2D eigenvalue weighted by Crippen LogP contribution is -2.37. The molecule has 0 aromatic carbocycles. The summed E-state index contributed by atoms with van der Waals surface area (Å²) in [4.78, 5) is 7.09. The van der Waals surface area contributed by atoms with E-state index in [1.165, 1.54) is 37.8 Å². The van der Waals surface area contributed by atoms with E-state index in [2.05, 4.69) is 22.2 Å². The van der Waals surface area contributed by atoms with Crippen LogP contribution in [-0.4, -0.2) is 28.4 Å². The molecule has 0 atom stereocenters. The van der Waals surface area contributed by atoms with E-state index >= 15 is 0 Å². The fraction of sp³-hybridized carbons (Fsp3) is 0.769. The molecule has 1 heterocycles. The normalized spacial score (nSPS) is 17.8. The zero-order chi connectivity index (χ0) is 12.1. The van der Waals surface area contributed by atoms with Gasteiger partial charge < -0.3 is 0 Å². The summed E-state index contributed by atoms with van der Waals surface area (Å²) in [6.45, 7) is 4.03. The van der Waals surface area contributed by atoms with Crippen molar-refractivity contribution in [2.24, 2.45) is 0 Å². The van der Waals surface area contributed by atoms with Gasteiger partial charge in [0, 0.05) is 30.4 Å². The summed E-state index contributed by atoms with van der Waals surface area (Å²) in [7, 11) is 0. The van der Waals surface area contributed by atoms with E-state index in [1.807, 2.05) is 0 Å². The van der Waals surface area contributed by atoms with Crippen molar-refractivity contribution in [3.63, 3.8) is 0 Å². The number of hydrogen-bond acceptors (Lipinski definition) is 3. The molecule has 1 fully saturated rings. The summed E-state index contributed by atoms with van der Waals surface area (Å²) in [5.74, 6) is 0.722. The van der Waals surface area contributed by atoms with Gasteiger partial charge in [0.15, 0.2) is 0 Å². The minimum atomic E-state index is 0.722. The second-order valence-electron chi connectivity index (χ2n) is 4.81. The maximum Gasteiger partial charge on any atom is 0.0897 e. The number of alkyl halides is 1. The zero-order valence-electron chi connectivity index (χ0n) is 10.5. The third-order valence-electron chi connectivity index (χ3n) is 3.49. The van der Waals surface area contributed by atoms with Crippen LogP contribution in [-0.2, 0) is 6.54 Å². The van der Waals surface area contributed by atoms with E-state index in [0.717, 1.165) is 30.0 Å². The lowest BCUT2D eigenvalue weighted by molar-refractivity contribution is 0.155. The predicted octanol–water partition coefficient (Wildman–Crippen LogP) is 3.83. The molecule has 1 aromatic heterocycles. The minimum absolute atomic E-state index is 0.722. The first kappa shape index (κ1) is 13.3. The number of aryl methyl sites for hydroxylation is 1. The third-order valence-corrected chi connectivity index (χ3v) is 4.49. The van der Waals surface area contributed by atoms with Crippen molar-refractivity contribution in [3.8, 4) is 0 Å². The third kappa shape index (κ3) is 3.94. The first-order valence-electron chi connectivity index (χ1n) is 6.50. The number of nitrogens with zero attached hydrogens (tertiary/aromatic N) is 2. The van der Waals surface area contributed by atoms with Crippen LogP contribution in [0.3, 0.4) is 0 Å². The molecular formula is C13H21ClN2S. The van der Waals surface area contributed by atoms with Crippen molar-refractivity contribution in [2.45, 2.75) is 51.6 Å². The Morgan fingerprint density at radius 3 is 2.76 bits per heavy atom. The highest BCUT2D eigenvalue weighted by Crippen LogP contribution is 2.24. The molecule has 2 rings (SSSR count). The first-order chi connectivity index (χ1) is 8.29. The van der Waals surface area contributed by atoms with Gasteiger partial charge in [-0.15, -0.1) is 22.9 Å². The van der Waals surface area contributed by atoms with Crippen molar-refractivity contribution in [1.82, 2.24) is 9.88 Å². The highest BCUT2D eigenvalue weighted by molar-refractivity contribution is 7.09. The van der Waals surface area contributed by atoms with Crippen molar-refractivity contribution < 1.29 is 0 Å². The molecule has 0 radical (unpaired) electrons. The van der Waals surface area contributed by atoms with Crippen LogP contribution >= 0.6 is 22.9 Å². The Labute approximate surface area is 113 Å². The smallest absolute Gasteiger partial charge is 0.0897 e. The predicted molar refractivity (Wildman–Crippen MR) is 74.9 cm³/mol. The van der Waals surface area contributed by atoms with Crippen LogP contribution in [0.4, 0.5) is 0 Å². The van der Waals surface area contributed by atoms with Gasteiger partial charge in [0.25, 0.3) is 0 Å². The molecule has 0 unspecified atom stereocenters. The van der Waals surface area contributed by atoms with Gasteiger partial charge in [-0.25, -0.2) is 4.98 Å². The number of hydrogen-bond donors (Lipinski definition) is 0. The molecule has 96 valence electrons. The molecule has 0 spiro atoms. The number of thiazole rings is 1. The van der Waals surface area contributed by atoms with E-state index in [9.17, 15) is 0 Å². The summed E-state index contributed by atoms with van der Waals surface area (Å²) in [6, 6.07) is 0.726. The molecule has 0 bridgehead atoms. The quantitative estimate of drug-likeness (QED) is 0.758. The van der Waals surface area contributed by atoms with Gasteiger partial charge in [0.05, 0.1) is 10.7 Å². The summed E-state index contributed by atoms with van der Waals surface area (Å²) in [5, 5.41) is 3.34. The van der Waals surface area contributed by atoms with Gasteiger partial charge in [-0.3, -0.25) is 4.90 Å². The highest BCUT2D eigenvalue weighted by Gasteiger charge is 2.21. The van der Waals surface area contributed by atoms with E-state index < -0.39 is 0 Å². The number of halogens is 1. The van der Waals surface area contributed by atoms with Gasteiger partial charge >= 0.3 is 0 Å². The summed E-state index contributed by atoms with van der Waals surface area (Å²) in [6.07, 6.45) is 6.82. The summed E-state index contributed by atoms with van der Waals surface area (Å²) >= 11 is 7.67. The van der Waals surface area contributed by atoms with Crippen molar-refractivity contribution in [1.29, 1.82) is 0 Å². The average molecular weight is 273 g/mol. The van der Waals surface area contributed by atoms with Gasteiger partial charge in [-0.2, -0.15) is 0 Å². The maximum absolute atomic E-state index is 5.93. The Hall–Kier alpha value is -0.120. The number of rotatable bonds is 5. The number of aromatic nitrogens is 1. The molecule has 1 aromatic rings. The Kier molecular flexibility index (Phi) is 5.26. The van der Waals surface area contributed by atoms with E-state index in [1.54, 1.807) is 11.3 Å². The van der Waals surface area contributed by atoms with Crippen LogP contribution in [0.1, 0.15) is 42.8 Å². The largest absolute Gasteiger partial charge is 0.293 e. The highest BCUT2D eigenvalue weighted by atomic mass is 35.5. The maximum atomic E-state index is 5.93. The fourth-order valence-corrected chi connectivity index (χ4v) is 3.46. The summed E-state index contributed by atoms with van der Waals surface area (Å²) < 4.78 is 0.